The molecule has 1 amide bonds. The zero-order chi connectivity index (χ0) is 19.2. The molecule has 0 spiro atoms. The minimum Gasteiger partial charge on any atom is -0.340 e. The van der Waals surface area contributed by atoms with Crippen LogP contribution in [0.15, 0.2) is 54.6 Å². The number of hydrogen-bond acceptors (Lipinski definition) is 6. The van der Waals surface area contributed by atoms with E-state index in [4.69, 9.17) is 0 Å². The lowest BCUT2D eigenvalue weighted by molar-refractivity contribution is -0.114. The van der Waals surface area contributed by atoms with Crippen molar-refractivity contribution in [3.05, 3.63) is 65.9 Å². The predicted octanol–water partition coefficient (Wildman–Crippen LogP) is 4.10. The molecular weight excluding hydrogens is 340 g/mol. The molecule has 7 nitrogen and oxygen atoms in total. The van der Waals surface area contributed by atoms with E-state index in [0.29, 0.717) is 28.7 Å². The van der Waals surface area contributed by atoms with Crippen LogP contribution < -0.4 is 16.0 Å². The average Bonchev–Trinajstić information content (AvgIpc) is 2.61. The number of nitriles is 1. The normalized spacial score (nSPS) is 9.96. The lowest BCUT2D eigenvalue weighted by Gasteiger charge is -2.11. The zero-order valence-electron chi connectivity index (χ0n) is 14.9. The van der Waals surface area contributed by atoms with Crippen molar-refractivity contribution in [1.82, 2.24) is 9.97 Å². The lowest BCUT2D eigenvalue weighted by Crippen LogP contribution is -2.06. The molecule has 3 rings (SSSR count). The SMILES string of the molecule is CC(=O)Nc1cccc(Nc2cc(C)nc(Nc3ccccc3C#N)n2)c1. The number of aryl methyl sites for hydroxylation is 1. The summed E-state index contributed by atoms with van der Waals surface area (Å²) >= 11 is 0. The highest BCUT2D eigenvalue weighted by molar-refractivity contribution is 5.89. The van der Waals surface area contributed by atoms with Crippen LogP contribution in [0.25, 0.3) is 0 Å². The van der Waals surface area contributed by atoms with Gasteiger partial charge in [-0.25, -0.2) is 4.98 Å². The molecular formula is C20H18N6O. The van der Waals surface area contributed by atoms with Crippen LogP contribution in [0, 0.1) is 18.3 Å². The van der Waals surface area contributed by atoms with Crippen molar-refractivity contribution < 1.29 is 4.79 Å². The number of hydrogen-bond donors (Lipinski definition) is 3. The number of amides is 1. The van der Waals surface area contributed by atoms with E-state index >= 15 is 0 Å². The van der Waals surface area contributed by atoms with Gasteiger partial charge in [-0.05, 0) is 37.3 Å². The van der Waals surface area contributed by atoms with E-state index in [-0.39, 0.29) is 5.91 Å². The zero-order valence-corrected chi connectivity index (χ0v) is 14.9. The number of aromatic nitrogens is 2. The van der Waals surface area contributed by atoms with Crippen LogP contribution in [0.5, 0.6) is 0 Å². The van der Waals surface area contributed by atoms with E-state index in [2.05, 4.69) is 32.0 Å². The number of anilines is 5. The van der Waals surface area contributed by atoms with Gasteiger partial charge < -0.3 is 16.0 Å². The topological polar surface area (TPSA) is 103 Å². The molecule has 3 aromatic rings. The predicted molar refractivity (Wildman–Crippen MR) is 105 cm³/mol. The first kappa shape index (κ1) is 17.9. The van der Waals surface area contributed by atoms with Gasteiger partial charge in [0.1, 0.15) is 11.9 Å². The van der Waals surface area contributed by atoms with Crippen LogP contribution in [-0.2, 0) is 4.79 Å². The second-order valence-corrected chi connectivity index (χ2v) is 5.89. The molecule has 0 saturated carbocycles. The molecule has 0 unspecified atom stereocenters. The Labute approximate surface area is 157 Å². The molecule has 1 aromatic heterocycles. The summed E-state index contributed by atoms with van der Waals surface area (Å²) in [6.45, 7) is 3.33. The molecule has 0 fully saturated rings. The van der Waals surface area contributed by atoms with Gasteiger partial charge in [0.2, 0.25) is 11.9 Å². The fraction of sp³-hybridized carbons (Fsp3) is 0.100. The maximum atomic E-state index is 11.2. The first-order chi connectivity index (χ1) is 13.0. The Hall–Kier alpha value is -3.92. The summed E-state index contributed by atoms with van der Waals surface area (Å²) in [6, 6.07) is 18.5. The van der Waals surface area contributed by atoms with Gasteiger partial charge >= 0.3 is 0 Å². The minimum absolute atomic E-state index is 0.132. The molecule has 3 N–H and O–H groups in total. The Morgan fingerprint density at radius 3 is 2.56 bits per heavy atom. The number of rotatable bonds is 5. The quantitative estimate of drug-likeness (QED) is 0.634. The molecule has 0 aliphatic carbocycles. The molecule has 1 heterocycles. The standard InChI is InChI=1S/C20H18N6O/c1-13-10-19(24-17-8-5-7-16(11-17)23-14(2)27)26-20(22-13)25-18-9-4-3-6-15(18)12-21/h3-11H,1-2H3,(H,23,27)(H2,22,24,25,26). The Balaban J connectivity index is 1.84. The van der Waals surface area contributed by atoms with Crippen molar-refractivity contribution in [3.63, 3.8) is 0 Å². The summed E-state index contributed by atoms with van der Waals surface area (Å²) in [5.41, 5.74) is 3.40. The number of carbonyl (C=O) groups is 1. The molecule has 0 aliphatic heterocycles. The molecule has 0 atom stereocenters. The summed E-state index contributed by atoms with van der Waals surface area (Å²) in [4.78, 5) is 20.0. The lowest BCUT2D eigenvalue weighted by atomic mass is 10.2. The van der Waals surface area contributed by atoms with Gasteiger partial charge in [0.05, 0.1) is 11.3 Å². The van der Waals surface area contributed by atoms with E-state index < -0.39 is 0 Å². The van der Waals surface area contributed by atoms with Crippen molar-refractivity contribution in [2.45, 2.75) is 13.8 Å². The Morgan fingerprint density at radius 2 is 1.78 bits per heavy atom. The van der Waals surface area contributed by atoms with Crippen LogP contribution in [-0.4, -0.2) is 15.9 Å². The highest BCUT2D eigenvalue weighted by Gasteiger charge is 2.07. The molecule has 0 radical (unpaired) electrons. The molecule has 0 aliphatic rings. The maximum Gasteiger partial charge on any atom is 0.229 e. The number of para-hydroxylation sites is 1. The van der Waals surface area contributed by atoms with Crippen LogP contribution in [0.2, 0.25) is 0 Å². The van der Waals surface area contributed by atoms with Crippen molar-refractivity contribution in [3.8, 4) is 6.07 Å². The Kier molecular flexibility index (Phi) is 5.28. The molecule has 2 aromatic carbocycles. The third-order valence-corrected chi connectivity index (χ3v) is 3.60. The van der Waals surface area contributed by atoms with Crippen LogP contribution >= 0.6 is 0 Å². The number of nitrogens with one attached hydrogen (secondary N) is 3. The summed E-state index contributed by atoms with van der Waals surface area (Å²) in [6.07, 6.45) is 0. The molecule has 27 heavy (non-hydrogen) atoms. The largest absolute Gasteiger partial charge is 0.340 e. The fourth-order valence-electron chi connectivity index (χ4n) is 2.52. The third-order valence-electron chi connectivity index (χ3n) is 3.60. The molecule has 134 valence electrons. The summed E-state index contributed by atoms with van der Waals surface area (Å²) in [7, 11) is 0. The molecule has 0 saturated heterocycles. The van der Waals surface area contributed by atoms with Crippen molar-refractivity contribution >= 4 is 34.7 Å². The number of nitrogens with zero attached hydrogens (tertiary/aromatic N) is 3. The monoisotopic (exact) mass is 358 g/mol. The highest BCUT2D eigenvalue weighted by atomic mass is 16.1. The van der Waals surface area contributed by atoms with Gasteiger partial charge in [0.15, 0.2) is 0 Å². The second kappa shape index (κ2) is 7.97. The maximum absolute atomic E-state index is 11.2. The third kappa shape index (κ3) is 4.80. The van der Waals surface area contributed by atoms with Crippen LogP contribution in [0.4, 0.5) is 28.8 Å². The first-order valence-electron chi connectivity index (χ1n) is 8.30. The Morgan fingerprint density at radius 1 is 1.00 bits per heavy atom. The average molecular weight is 358 g/mol. The smallest absolute Gasteiger partial charge is 0.229 e. The van der Waals surface area contributed by atoms with Crippen molar-refractivity contribution in [2.75, 3.05) is 16.0 Å². The van der Waals surface area contributed by atoms with E-state index in [1.807, 2.05) is 43.3 Å². The van der Waals surface area contributed by atoms with E-state index in [1.54, 1.807) is 18.2 Å². The van der Waals surface area contributed by atoms with E-state index in [9.17, 15) is 10.1 Å². The fourth-order valence-corrected chi connectivity index (χ4v) is 2.52. The Bertz CT molecular complexity index is 1020. The van der Waals surface area contributed by atoms with Gasteiger partial charge in [-0.2, -0.15) is 10.2 Å². The van der Waals surface area contributed by atoms with Gasteiger partial charge in [-0.1, -0.05) is 18.2 Å². The van der Waals surface area contributed by atoms with Crippen LogP contribution in [0.1, 0.15) is 18.2 Å². The van der Waals surface area contributed by atoms with Gasteiger partial charge in [0.25, 0.3) is 0 Å². The van der Waals surface area contributed by atoms with Gasteiger partial charge in [-0.15, -0.1) is 0 Å². The summed E-state index contributed by atoms with van der Waals surface area (Å²) < 4.78 is 0. The second-order valence-electron chi connectivity index (χ2n) is 5.89. The number of benzene rings is 2. The van der Waals surface area contributed by atoms with Gasteiger partial charge in [0, 0.05) is 30.1 Å². The van der Waals surface area contributed by atoms with Gasteiger partial charge in [-0.3, -0.25) is 4.79 Å². The number of carbonyl (C=O) groups excluding carboxylic acids is 1. The van der Waals surface area contributed by atoms with E-state index in [1.165, 1.54) is 6.92 Å². The van der Waals surface area contributed by atoms with E-state index in [0.717, 1.165) is 11.4 Å². The molecule has 0 bridgehead atoms. The van der Waals surface area contributed by atoms with Crippen molar-refractivity contribution in [2.24, 2.45) is 0 Å². The summed E-state index contributed by atoms with van der Waals surface area (Å²) in [5.74, 6) is 0.852. The highest BCUT2D eigenvalue weighted by Crippen LogP contribution is 2.22. The first-order valence-corrected chi connectivity index (χ1v) is 8.30. The van der Waals surface area contributed by atoms with Crippen molar-refractivity contribution in [1.29, 1.82) is 5.26 Å². The summed E-state index contributed by atoms with van der Waals surface area (Å²) in [5, 5.41) is 18.3. The van der Waals surface area contributed by atoms with Crippen LogP contribution in [0.3, 0.4) is 0 Å². The molecule has 7 heteroatoms. The minimum atomic E-state index is -0.132.